The van der Waals surface area contributed by atoms with Crippen LogP contribution in [0.5, 0.6) is 0 Å². The van der Waals surface area contributed by atoms with Gasteiger partial charge in [0.15, 0.2) is 10.1 Å². The molecule has 0 spiro atoms. The zero-order chi connectivity index (χ0) is 20.7. The molecule has 30 heavy (non-hydrogen) atoms. The van der Waals surface area contributed by atoms with Crippen LogP contribution in [-0.2, 0) is 25.1 Å². The number of hydrogen-bond acceptors (Lipinski definition) is 7. The Kier molecular flexibility index (Phi) is 5.34. The van der Waals surface area contributed by atoms with Gasteiger partial charge < -0.3 is 0 Å². The number of allylic oxidation sites excluding steroid dienone is 1. The van der Waals surface area contributed by atoms with Crippen molar-refractivity contribution in [1.29, 1.82) is 0 Å². The molecule has 6 nitrogen and oxygen atoms in total. The number of thiazole rings is 1. The van der Waals surface area contributed by atoms with Crippen molar-refractivity contribution >= 4 is 49.6 Å². The van der Waals surface area contributed by atoms with E-state index in [1.54, 1.807) is 34.2 Å². The Morgan fingerprint density at radius 3 is 2.93 bits per heavy atom. The lowest BCUT2D eigenvalue weighted by atomic mass is 10.1. The Balaban J connectivity index is 1.55. The van der Waals surface area contributed by atoms with Crippen LogP contribution in [0, 0.1) is 0 Å². The van der Waals surface area contributed by atoms with Gasteiger partial charge in [-0.2, -0.15) is 0 Å². The van der Waals surface area contributed by atoms with E-state index in [1.807, 2.05) is 5.38 Å². The van der Waals surface area contributed by atoms with Gasteiger partial charge in [0.25, 0.3) is 11.1 Å². The average Bonchev–Trinajstić information content (AvgIpc) is 3.27. The summed E-state index contributed by atoms with van der Waals surface area (Å²) in [6.45, 7) is 4.23. The number of aryl methyl sites for hydroxylation is 2. The van der Waals surface area contributed by atoms with Crippen LogP contribution in [0.3, 0.4) is 0 Å². The van der Waals surface area contributed by atoms with E-state index >= 15 is 0 Å². The molecule has 0 bridgehead atoms. The standard InChI is InChI=1S/C21H20N4O2S3/c1-2-8-25-19(27)17-14-6-4-3-5-7-15(14)30-18(17)23-21(25)29-12-13-11-16(26)24-9-10-28-20(24)22-13/h2,9-11H,1,3-8,12H2. The van der Waals surface area contributed by atoms with Crippen LogP contribution in [0.15, 0.2) is 45.0 Å². The number of aromatic nitrogens is 4. The molecular formula is C21H20N4O2S3. The maximum absolute atomic E-state index is 13.4. The number of thioether (sulfide) groups is 1. The maximum Gasteiger partial charge on any atom is 0.263 e. The minimum Gasteiger partial charge on any atom is -0.283 e. The minimum atomic E-state index is -0.0919. The summed E-state index contributed by atoms with van der Waals surface area (Å²) in [6, 6.07) is 1.55. The maximum atomic E-state index is 13.4. The summed E-state index contributed by atoms with van der Waals surface area (Å²) in [4.78, 5) is 37.9. The molecule has 4 aromatic rings. The van der Waals surface area contributed by atoms with Crippen molar-refractivity contribution in [3.8, 4) is 0 Å². The fourth-order valence-electron chi connectivity index (χ4n) is 3.90. The lowest BCUT2D eigenvalue weighted by molar-refractivity contribution is 0.671. The van der Waals surface area contributed by atoms with Crippen LogP contribution in [0.25, 0.3) is 15.2 Å². The first-order valence-corrected chi connectivity index (χ1v) is 12.6. The third-order valence-electron chi connectivity index (χ3n) is 5.31. The molecule has 4 aromatic heterocycles. The summed E-state index contributed by atoms with van der Waals surface area (Å²) in [5.74, 6) is 0.476. The summed E-state index contributed by atoms with van der Waals surface area (Å²) in [5.41, 5.74) is 1.82. The van der Waals surface area contributed by atoms with Gasteiger partial charge in [-0.1, -0.05) is 24.3 Å². The van der Waals surface area contributed by atoms with Crippen molar-refractivity contribution in [2.45, 2.75) is 49.6 Å². The van der Waals surface area contributed by atoms with Gasteiger partial charge in [-0.3, -0.25) is 18.6 Å². The molecule has 0 aliphatic heterocycles. The summed E-state index contributed by atoms with van der Waals surface area (Å²) in [6.07, 6.45) is 8.97. The van der Waals surface area contributed by atoms with E-state index in [4.69, 9.17) is 4.98 Å². The molecular weight excluding hydrogens is 436 g/mol. The smallest absolute Gasteiger partial charge is 0.263 e. The van der Waals surface area contributed by atoms with Gasteiger partial charge in [-0.15, -0.1) is 29.3 Å². The van der Waals surface area contributed by atoms with Crippen LogP contribution < -0.4 is 11.1 Å². The van der Waals surface area contributed by atoms with Gasteiger partial charge in [-0.05, 0) is 31.2 Å². The molecule has 0 aromatic carbocycles. The SMILES string of the molecule is C=CCn1c(SCc2cc(=O)n3ccsc3n2)nc2sc3c(c2c1=O)CCCCC3. The highest BCUT2D eigenvalue weighted by Gasteiger charge is 2.21. The first-order valence-electron chi connectivity index (χ1n) is 9.90. The van der Waals surface area contributed by atoms with E-state index in [0.717, 1.165) is 29.5 Å². The molecule has 0 fully saturated rings. The van der Waals surface area contributed by atoms with Gasteiger partial charge in [0, 0.05) is 34.8 Å². The summed E-state index contributed by atoms with van der Waals surface area (Å²) in [7, 11) is 0. The normalized spacial score (nSPS) is 14.1. The zero-order valence-electron chi connectivity index (χ0n) is 16.3. The van der Waals surface area contributed by atoms with Gasteiger partial charge in [0.2, 0.25) is 0 Å². The monoisotopic (exact) mass is 456 g/mol. The summed E-state index contributed by atoms with van der Waals surface area (Å²) < 4.78 is 3.24. The van der Waals surface area contributed by atoms with E-state index < -0.39 is 0 Å². The Bertz CT molecular complexity index is 1380. The second-order valence-electron chi connectivity index (χ2n) is 7.27. The third kappa shape index (κ3) is 3.44. The highest BCUT2D eigenvalue weighted by atomic mass is 32.2. The number of thiophene rings is 1. The predicted molar refractivity (Wildman–Crippen MR) is 124 cm³/mol. The van der Waals surface area contributed by atoms with Gasteiger partial charge in [0.1, 0.15) is 4.83 Å². The van der Waals surface area contributed by atoms with Gasteiger partial charge in [0.05, 0.1) is 11.1 Å². The van der Waals surface area contributed by atoms with Crippen molar-refractivity contribution in [3.05, 3.63) is 67.1 Å². The summed E-state index contributed by atoms with van der Waals surface area (Å²) >= 11 is 4.54. The fraction of sp³-hybridized carbons (Fsp3) is 0.333. The predicted octanol–water partition coefficient (Wildman–Crippen LogP) is 4.27. The lowest BCUT2D eigenvalue weighted by Gasteiger charge is -2.10. The zero-order valence-corrected chi connectivity index (χ0v) is 18.7. The van der Waals surface area contributed by atoms with E-state index in [-0.39, 0.29) is 11.1 Å². The molecule has 0 atom stereocenters. The first-order chi connectivity index (χ1) is 14.7. The minimum absolute atomic E-state index is 0.0172. The van der Waals surface area contributed by atoms with Crippen LogP contribution >= 0.6 is 34.4 Å². The number of rotatable bonds is 5. The number of fused-ring (bicyclic) bond motifs is 4. The van der Waals surface area contributed by atoms with Crippen LogP contribution in [0.4, 0.5) is 0 Å². The molecule has 0 saturated heterocycles. The van der Waals surface area contributed by atoms with Crippen molar-refractivity contribution in [1.82, 2.24) is 18.9 Å². The number of nitrogens with zero attached hydrogens (tertiary/aromatic N) is 4. The quantitative estimate of drug-likeness (QED) is 0.194. The molecule has 0 amide bonds. The third-order valence-corrected chi connectivity index (χ3v) is 8.26. The average molecular weight is 457 g/mol. The van der Waals surface area contributed by atoms with Crippen LogP contribution in [0.2, 0.25) is 0 Å². The van der Waals surface area contributed by atoms with Crippen molar-refractivity contribution in [2.24, 2.45) is 0 Å². The van der Waals surface area contributed by atoms with E-state index in [2.05, 4.69) is 11.6 Å². The molecule has 0 saturated carbocycles. The fourth-order valence-corrected chi connectivity index (χ4v) is 6.84. The second-order valence-corrected chi connectivity index (χ2v) is 10.2. The molecule has 154 valence electrons. The van der Waals surface area contributed by atoms with E-state index in [9.17, 15) is 9.59 Å². The summed E-state index contributed by atoms with van der Waals surface area (Å²) in [5, 5.41) is 3.29. The van der Waals surface area contributed by atoms with E-state index in [0.29, 0.717) is 28.1 Å². The Hall–Kier alpha value is -2.23. The van der Waals surface area contributed by atoms with Crippen molar-refractivity contribution in [2.75, 3.05) is 0 Å². The number of hydrogen-bond donors (Lipinski definition) is 0. The molecule has 1 aliphatic carbocycles. The van der Waals surface area contributed by atoms with Gasteiger partial charge >= 0.3 is 0 Å². The molecule has 0 radical (unpaired) electrons. The molecule has 5 rings (SSSR count). The molecule has 1 aliphatic rings. The molecule has 0 N–H and O–H groups in total. The van der Waals surface area contributed by atoms with Crippen LogP contribution in [-0.4, -0.2) is 18.9 Å². The van der Waals surface area contributed by atoms with Crippen molar-refractivity contribution in [3.63, 3.8) is 0 Å². The van der Waals surface area contributed by atoms with E-state index in [1.165, 1.54) is 50.8 Å². The Morgan fingerprint density at radius 2 is 2.07 bits per heavy atom. The molecule has 0 unspecified atom stereocenters. The topological polar surface area (TPSA) is 69.3 Å². The highest BCUT2D eigenvalue weighted by molar-refractivity contribution is 7.98. The highest BCUT2D eigenvalue weighted by Crippen LogP contribution is 2.34. The first kappa shape index (κ1) is 19.7. The van der Waals surface area contributed by atoms with Crippen LogP contribution in [0.1, 0.15) is 35.4 Å². The van der Waals surface area contributed by atoms with Crippen molar-refractivity contribution < 1.29 is 0 Å². The largest absolute Gasteiger partial charge is 0.283 e. The molecule has 9 heteroatoms. The van der Waals surface area contributed by atoms with Gasteiger partial charge in [-0.25, -0.2) is 9.97 Å². The second kappa shape index (κ2) is 8.13. The Labute approximate surface area is 184 Å². The molecule has 4 heterocycles. The lowest BCUT2D eigenvalue weighted by Crippen LogP contribution is -2.23. The Morgan fingerprint density at radius 1 is 1.20 bits per heavy atom.